The van der Waals surface area contributed by atoms with E-state index in [1.807, 2.05) is 6.07 Å². The molecule has 1 saturated heterocycles. The molecule has 2 aliphatic heterocycles. The second-order valence-electron chi connectivity index (χ2n) is 6.23. The summed E-state index contributed by atoms with van der Waals surface area (Å²) in [7, 11) is 0. The summed E-state index contributed by atoms with van der Waals surface area (Å²) in [5, 5.41) is 2.67. The van der Waals surface area contributed by atoms with Crippen molar-refractivity contribution in [2.45, 2.75) is 38.1 Å². The highest BCUT2D eigenvalue weighted by Crippen LogP contribution is 2.43. The number of rotatable bonds is 1. The Bertz CT molecular complexity index is 643. The lowest BCUT2D eigenvalue weighted by Gasteiger charge is -2.34. The third kappa shape index (κ3) is 2.01. The first-order valence-corrected chi connectivity index (χ1v) is 8.40. The van der Waals surface area contributed by atoms with Crippen LogP contribution in [-0.4, -0.2) is 24.3 Å². The largest absolute Gasteiger partial charge is 0.367 e. The summed E-state index contributed by atoms with van der Waals surface area (Å²) < 4.78 is 0.914. The molecule has 2 atom stereocenters. The third-order valence-corrected chi connectivity index (χ3v) is 5.74. The maximum atomic E-state index is 11.8. The van der Waals surface area contributed by atoms with Crippen LogP contribution in [0.15, 0.2) is 16.6 Å². The van der Waals surface area contributed by atoms with Crippen molar-refractivity contribution < 1.29 is 9.59 Å². The van der Waals surface area contributed by atoms with Gasteiger partial charge in [0.15, 0.2) is 0 Å². The number of Topliss-reactive ketones (excluding diaryl/α,β-unsaturated/α-hetero) is 1. The molecule has 1 amide bonds. The molecule has 2 unspecified atom stereocenters. The molecule has 1 aromatic carbocycles. The van der Waals surface area contributed by atoms with Crippen LogP contribution >= 0.6 is 15.9 Å². The molecule has 1 N–H and O–H groups in total. The average Bonchev–Trinajstić information content (AvgIpc) is 3.02. The minimum atomic E-state index is -0.522. The van der Waals surface area contributed by atoms with E-state index < -0.39 is 11.7 Å². The van der Waals surface area contributed by atoms with Crippen LogP contribution in [0, 0.1) is 5.92 Å². The normalized spacial score (nSPS) is 27.6. The van der Waals surface area contributed by atoms with Gasteiger partial charge in [-0.25, -0.2) is 0 Å². The molecule has 1 aromatic rings. The van der Waals surface area contributed by atoms with Crippen molar-refractivity contribution in [2.75, 3.05) is 16.8 Å². The number of halogens is 1. The quantitative estimate of drug-likeness (QED) is 0.791. The minimum absolute atomic E-state index is 0.436. The van der Waals surface area contributed by atoms with Crippen LogP contribution < -0.4 is 10.2 Å². The fraction of sp³-hybridized carbons (Fsp3) is 0.500. The molecule has 3 aliphatic rings. The lowest BCUT2D eigenvalue weighted by atomic mass is 9.85. The highest BCUT2D eigenvalue weighted by molar-refractivity contribution is 9.10. The molecular weight excluding hydrogens is 332 g/mol. The molecule has 0 spiro atoms. The summed E-state index contributed by atoms with van der Waals surface area (Å²) in [6.45, 7) is 1.06. The number of anilines is 2. The molecule has 2 heterocycles. The smallest absolute Gasteiger partial charge is 0.296 e. The Hall–Kier alpha value is -1.36. The summed E-state index contributed by atoms with van der Waals surface area (Å²) in [5.41, 5.74) is 2.25. The molecule has 1 saturated carbocycles. The van der Waals surface area contributed by atoms with Gasteiger partial charge in [-0.05, 0) is 53.2 Å². The molecule has 0 bridgehead atoms. The van der Waals surface area contributed by atoms with Gasteiger partial charge in [0.25, 0.3) is 11.7 Å². The van der Waals surface area contributed by atoms with Crippen molar-refractivity contribution in [3.8, 4) is 0 Å². The first kappa shape index (κ1) is 13.3. The van der Waals surface area contributed by atoms with Crippen LogP contribution in [0.3, 0.4) is 0 Å². The van der Waals surface area contributed by atoms with Gasteiger partial charge in [-0.3, -0.25) is 9.59 Å². The number of benzene rings is 1. The van der Waals surface area contributed by atoms with E-state index in [2.05, 4.69) is 26.1 Å². The van der Waals surface area contributed by atoms with E-state index in [9.17, 15) is 9.59 Å². The number of hydrogen-bond donors (Lipinski definition) is 1. The van der Waals surface area contributed by atoms with Gasteiger partial charge >= 0.3 is 0 Å². The lowest BCUT2D eigenvalue weighted by Crippen LogP contribution is -2.34. The number of nitrogens with zero attached hydrogens (tertiary/aromatic N) is 1. The van der Waals surface area contributed by atoms with E-state index in [4.69, 9.17) is 0 Å². The van der Waals surface area contributed by atoms with Gasteiger partial charge in [-0.2, -0.15) is 0 Å². The van der Waals surface area contributed by atoms with E-state index in [1.54, 1.807) is 6.07 Å². The summed E-state index contributed by atoms with van der Waals surface area (Å²) in [6, 6.07) is 4.36. The predicted octanol–water partition coefficient (Wildman–Crippen LogP) is 3.35. The second-order valence-corrected chi connectivity index (χ2v) is 7.08. The van der Waals surface area contributed by atoms with Crippen LogP contribution in [0.1, 0.15) is 42.5 Å². The Kier molecular flexibility index (Phi) is 3.06. The van der Waals surface area contributed by atoms with Crippen LogP contribution in [-0.2, 0) is 4.79 Å². The summed E-state index contributed by atoms with van der Waals surface area (Å²) in [5.74, 6) is -0.157. The molecule has 21 heavy (non-hydrogen) atoms. The van der Waals surface area contributed by atoms with Crippen molar-refractivity contribution in [1.29, 1.82) is 0 Å². The number of ketones is 1. The Balaban J connectivity index is 1.72. The molecule has 1 aliphatic carbocycles. The Morgan fingerprint density at radius 1 is 1.14 bits per heavy atom. The first-order chi connectivity index (χ1) is 10.1. The van der Waals surface area contributed by atoms with Gasteiger partial charge < -0.3 is 10.2 Å². The lowest BCUT2D eigenvalue weighted by molar-refractivity contribution is -0.112. The molecule has 110 valence electrons. The zero-order valence-electron chi connectivity index (χ0n) is 11.7. The summed E-state index contributed by atoms with van der Waals surface area (Å²) in [6.07, 6.45) is 6.48. The average molecular weight is 349 g/mol. The summed E-state index contributed by atoms with van der Waals surface area (Å²) in [4.78, 5) is 25.7. The molecule has 5 heteroatoms. The molecule has 2 fully saturated rings. The van der Waals surface area contributed by atoms with Crippen molar-refractivity contribution in [1.82, 2.24) is 0 Å². The van der Waals surface area contributed by atoms with Crippen LogP contribution in [0.2, 0.25) is 0 Å². The number of amides is 1. The first-order valence-electron chi connectivity index (χ1n) is 7.61. The van der Waals surface area contributed by atoms with Gasteiger partial charge in [0.05, 0.1) is 16.9 Å². The molecule has 4 rings (SSSR count). The fourth-order valence-electron chi connectivity index (χ4n) is 4.08. The topological polar surface area (TPSA) is 49.4 Å². The highest BCUT2D eigenvalue weighted by Gasteiger charge is 2.37. The van der Waals surface area contributed by atoms with Crippen LogP contribution in [0.25, 0.3) is 0 Å². The second kappa shape index (κ2) is 4.83. The van der Waals surface area contributed by atoms with Gasteiger partial charge in [-0.15, -0.1) is 0 Å². The number of carbonyl (C=O) groups is 2. The van der Waals surface area contributed by atoms with E-state index in [0.717, 1.165) is 22.6 Å². The maximum absolute atomic E-state index is 11.8. The molecule has 0 aromatic heterocycles. The zero-order chi connectivity index (χ0) is 14.6. The van der Waals surface area contributed by atoms with E-state index in [-0.39, 0.29) is 0 Å². The fourth-order valence-corrected chi connectivity index (χ4v) is 4.65. The standard InChI is InChI=1S/C16H17BrN2O2/c17-11-7-10-12(18-16(21)15(10)20)8-14(11)19-6-5-9-3-1-2-4-13(9)19/h7-9,13H,1-6H2,(H,18,20,21). The number of carbonyl (C=O) groups excluding carboxylic acids is 2. The minimum Gasteiger partial charge on any atom is -0.367 e. The Labute approximate surface area is 132 Å². The van der Waals surface area contributed by atoms with E-state index in [0.29, 0.717) is 17.3 Å². The van der Waals surface area contributed by atoms with E-state index in [1.165, 1.54) is 32.1 Å². The molecular formula is C16H17BrN2O2. The molecule has 4 nitrogen and oxygen atoms in total. The highest BCUT2D eigenvalue weighted by atomic mass is 79.9. The van der Waals surface area contributed by atoms with Gasteiger partial charge in [0, 0.05) is 17.1 Å². The SMILES string of the molecule is O=C1Nc2cc(N3CCC4CCCCC43)c(Br)cc2C1=O. The van der Waals surface area contributed by atoms with Crippen LogP contribution in [0.5, 0.6) is 0 Å². The number of hydrogen-bond acceptors (Lipinski definition) is 3. The van der Waals surface area contributed by atoms with Gasteiger partial charge in [-0.1, -0.05) is 12.8 Å². The van der Waals surface area contributed by atoms with E-state index >= 15 is 0 Å². The maximum Gasteiger partial charge on any atom is 0.296 e. The Morgan fingerprint density at radius 3 is 2.81 bits per heavy atom. The van der Waals surface area contributed by atoms with Gasteiger partial charge in [0.1, 0.15) is 0 Å². The van der Waals surface area contributed by atoms with Crippen molar-refractivity contribution in [3.63, 3.8) is 0 Å². The number of fused-ring (bicyclic) bond motifs is 2. The monoisotopic (exact) mass is 348 g/mol. The molecule has 0 radical (unpaired) electrons. The number of nitrogens with one attached hydrogen (secondary N) is 1. The summed E-state index contributed by atoms with van der Waals surface area (Å²) >= 11 is 3.59. The van der Waals surface area contributed by atoms with Gasteiger partial charge in [0.2, 0.25) is 0 Å². The van der Waals surface area contributed by atoms with Crippen molar-refractivity contribution >= 4 is 39.0 Å². The Morgan fingerprint density at radius 2 is 1.95 bits per heavy atom. The zero-order valence-corrected chi connectivity index (χ0v) is 13.3. The third-order valence-electron chi connectivity index (χ3n) is 5.11. The van der Waals surface area contributed by atoms with Crippen molar-refractivity contribution in [3.05, 3.63) is 22.2 Å². The van der Waals surface area contributed by atoms with Crippen molar-refractivity contribution in [2.24, 2.45) is 5.92 Å². The van der Waals surface area contributed by atoms with Crippen LogP contribution in [0.4, 0.5) is 11.4 Å². The predicted molar refractivity (Wildman–Crippen MR) is 84.8 cm³/mol.